The van der Waals surface area contributed by atoms with Gasteiger partial charge in [-0.1, -0.05) is 6.07 Å². The van der Waals surface area contributed by atoms with Crippen LogP contribution in [0.5, 0.6) is 0 Å². The van der Waals surface area contributed by atoms with Gasteiger partial charge < -0.3 is 10.0 Å². The van der Waals surface area contributed by atoms with Crippen molar-refractivity contribution in [2.45, 2.75) is 50.5 Å². The molecule has 1 aliphatic carbocycles. The highest BCUT2D eigenvalue weighted by molar-refractivity contribution is 5.64. The van der Waals surface area contributed by atoms with E-state index in [4.69, 9.17) is 0 Å². The maximum atomic E-state index is 11.2. The van der Waals surface area contributed by atoms with Crippen LogP contribution < -0.4 is 0 Å². The fourth-order valence-electron chi connectivity index (χ4n) is 4.19. The lowest BCUT2D eigenvalue weighted by atomic mass is 9.71. The Labute approximate surface area is 149 Å². The van der Waals surface area contributed by atoms with Gasteiger partial charge in [-0.2, -0.15) is 5.26 Å². The van der Waals surface area contributed by atoms with Crippen LogP contribution in [0.3, 0.4) is 0 Å². The molecule has 0 unspecified atom stereocenters. The number of carboxylic acid groups (broad SMARTS) is 1. The maximum Gasteiger partial charge on any atom is 0.407 e. The fraction of sp³-hybridized carbons (Fsp3) is 0.632. The third kappa shape index (κ3) is 3.77. The van der Waals surface area contributed by atoms with E-state index in [0.717, 1.165) is 56.6 Å². The van der Waals surface area contributed by atoms with Gasteiger partial charge in [0.1, 0.15) is 0 Å². The maximum absolute atomic E-state index is 11.2. The Hall–Kier alpha value is -2.13. The van der Waals surface area contributed by atoms with Crippen molar-refractivity contribution in [3.63, 3.8) is 0 Å². The summed E-state index contributed by atoms with van der Waals surface area (Å²) in [5.41, 5.74) is 1.39. The standard InChI is InChI=1S/C19H26N4O2/c1-15-4-2-5-17(21-15)19(14-20)8-6-16(7-9-19)22-10-3-11-23(13-12-22)18(24)25/h2,4-5,16H,3,6-13H2,1H3,(H,24,25). The van der Waals surface area contributed by atoms with Crippen LogP contribution in [0.15, 0.2) is 18.2 Å². The number of carbonyl (C=O) groups is 1. The van der Waals surface area contributed by atoms with Crippen molar-refractivity contribution in [3.05, 3.63) is 29.6 Å². The van der Waals surface area contributed by atoms with Crippen LogP contribution in [0.25, 0.3) is 0 Å². The molecule has 1 amide bonds. The van der Waals surface area contributed by atoms with E-state index in [1.54, 1.807) is 0 Å². The highest BCUT2D eigenvalue weighted by atomic mass is 16.4. The van der Waals surface area contributed by atoms with E-state index < -0.39 is 11.5 Å². The molecule has 6 nitrogen and oxygen atoms in total. The molecule has 1 aliphatic heterocycles. The van der Waals surface area contributed by atoms with E-state index >= 15 is 0 Å². The lowest BCUT2D eigenvalue weighted by Gasteiger charge is -2.39. The van der Waals surface area contributed by atoms with E-state index in [0.29, 0.717) is 19.1 Å². The van der Waals surface area contributed by atoms with Crippen molar-refractivity contribution in [3.8, 4) is 6.07 Å². The molecular formula is C19H26N4O2. The molecule has 0 spiro atoms. The summed E-state index contributed by atoms with van der Waals surface area (Å²) in [6, 6.07) is 8.92. The molecular weight excluding hydrogens is 316 g/mol. The van der Waals surface area contributed by atoms with Gasteiger partial charge in [-0.15, -0.1) is 0 Å². The van der Waals surface area contributed by atoms with Crippen molar-refractivity contribution < 1.29 is 9.90 Å². The third-order valence-corrected chi connectivity index (χ3v) is 5.72. The number of aromatic nitrogens is 1. The summed E-state index contributed by atoms with van der Waals surface area (Å²) in [6.07, 6.45) is 3.64. The Morgan fingerprint density at radius 2 is 2.04 bits per heavy atom. The van der Waals surface area contributed by atoms with Gasteiger partial charge in [-0.3, -0.25) is 9.88 Å². The number of rotatable bonds is 2. The van der Waals surface area contributed by atoms with Gasteiger partial charge in [0.25, 0.3) is 0 Å². The predicted molar refractivity (Wildman–Crippen MR) is 94.3 cm³/mol. The Morgan fingerprint density at radius 1 is 1.28 bits per heavy atom. The molecule has 3 rings (SSSR count). The summed E-state index contributed by atoms with van der Waals surface area (Å²) in [5.74, 6) is 0. The van der Waals surface area contributed by atoms with Crippen LogP contribution in [0.4, 0.5) is 4.79 Å². The fourth-order valence-corrected chi connectivity index (χ4v) is 4.19. The molecule has 134 valence electrons. The quantitative estimate of drug-likeness (QED) is 0.894. The third-order valence-electron chi connectivity index (χ3n) is 5.72. The first-order valence-electron chi connectivity index (χ1n) is 9.11. The summed E-state index contributed by atoms with van der Waals surface area (Å²) >= 11 is 0. The van der Waals surface area contributed by atoms with Crippen molar-refractivity contribution in [1.82, 2.24) is 14.8 Å². The number of amides is 1. The molecule has 1 aromatic rings. The van der Waals surface area contributed by atoms with Crippen LogP contribution in [-0.4, -0.2) is 58.2 Å². The number of pyridine rings is 1. The van der Waals surface area contributed by atoms with Gasteiger partial charge in [0.15, 0.2) is 0 Å². The van der Waals surface area contributed by atoms with E-state index in [-0.39, 0.29) is 0 Å². The van der Waals surface area contributed by atoms with Crippen LogP contribution in [0.1, 0.15) is 43.5 Å². The van der Waals surface area contributed by atoms with Crippen LogP contribution in [-0.2, 0) is 5.41 Å². The SMILES string of the molecule is Cc1cccc(C2(C#N)CCC(N3CCCN(C(=O)O)CC3)CC2)n1. The second kappa shape index (κ2) is 7.40. The highest BCUT2D eigenvalue weighted by Crippen LogP contribution is 2.39. The Balaban J connectivity index is 1.65. The molecule has 6 heteroatoms. The summed E-state index contributed by atoms with van der Waals surface area (Å²) in [5, 5.41) is 19.0. The summed E-state index contributed by atoms with van der Waals surface area (Å²) in [7, 11) is 0. The van der Waals surface area contributed by atoms with Crippen molar-refractivity contribution in [1.29, 1.82) is 5.26 Å². The monoisotopic (exact) mass is 342 g/mol. The number of hydrogen-bond acceptors (Lipinski definition) is 4. The lowest BCUT2D eigenvalue weighted by Crippen LogP contribution is -2.44. The highest BCUT2D eigenvalue weighted by Gasteiger charge is 2.40. The number of hydrogen-bond donors (Lipinski definition) is 1. The van der Waals surface area contributed by atoms with Crippen molar-refractivity contribution in [2.75, 3.05) is 26.2 Å². The average Bonchev–Trinajstić information content (AvgIpc) is 2.88. The molecule has 2 heterocycles. The van der Waals surface area contributed by atoms with Gasteiger partial charge in [0.2, 0.25) is 0 Å². The molecule has 2 fully saturated rings. The van der Waals surface area contributed by atoms with Gasteiger partial charge in [-0.25, -0.2) is 4.79 Å². The molecule has 0 aromatic carbocycles. The van der Waals surface area contributed by atoms with Crippen molar-refractivity contribution >= 4 is 6.09 Å². The summed E-state index contributed by atoms with van der Waals surface area (Å²) < 4.78 is 0. The molecule has 2 aliphatic rings. The summed E-state index contributed by atoms with van der Waals surface area (Å²) in [6.45, 7) is 4.89. The smallest absolute Gasteiger partial charge is 0.407 e. The van der Waals surface area contributed by atoms with E-state index in [1.165, 1.54) is 4.90 Å². The molecule has 0 atom stereocenters. The zero-order chi connectivity index (χ0) is 17.9. The molecule has 1 N–H and O–H groups in total. The minimum atomic E-state index is -0.820. The first-order valence-corrected chi connectivity index (χ1v) is 9.11. The number of aryl methyl sites for hydroxylation is 1. The molecule has 1 aromatic heterocycles. The largest absolute Gasteiger partial charge is 0.465 e. The molecule has 25 heavy (non-hydrogen) atoms. The van der Waals surface area contributed by atoms with E-state index in [1.807, 2.05) is 25.1 Å². The van der Waals surface area contributed by atoms with Gasteiger partial charge in [0.05, 0.1) is 17.2 Å². The Morgan fingerprint density at radius 3 is 2.68 bits per heavy atom. The first-order chi connectivity index (χ1) is 12.0. The predicted octanol–water partition coefficient (Wildman–Crippen LogP) is 2.78. The summed E-state index contributed by atoms with van der Waals surface area (Å²) in [4.78, 5) is 19.7. The van der Waals surface area contributed by atoms with Gasteiger partial charge in [0, 0.05) is 37.9 Å². The Bertz CT molecular complexity index is 662. The van der Waals surface area contributed by atoms with Gasteiger partial charge >= 0.3 is 6.09 Å². The first kappa shape index (κ1) is 17.7. The molecule has 0 bridgehead atoms. The second-order valence-electron chi connectivity index (χ2n) is 7.25. The van der Waals surface area contributed by atoms with Crippen LogP contribution >= 0.6 is 0 Å². The Kier molecular flexibility index (Phi) is 5.24. The second-order valence-corrected chi connectivity index (χ2v) is 7.25. The number of nitrogens with zero attached hydrogens (tertiary/aromatic N) is 4. The minimum absolute atomic E-state index is 0.444. The zero-order valence-electron chi connectivity index (χ0n) is 14.8. The van der Waals surface area contributed by atoms with E-state index in [2.05, 4.69) is 16.0 Å². The molecule has 0 radical (unpaired) electrons. The number of nitriles is 1. The lowest BCUT2D eigenvalue weighted by molar-refractivity contribution is 0.130. The normalized spacial score (nSPS) is 28.2. The van der Waals surface area contributed by atoms with Crippen LogP contribution in [0, 0.1) is 18.3 Å². The van der Waals surface area contributed by atoms with Gasteiger partial charge in [-0.05, 0) is 51.2 Å². The van der Waals surface area contributed by atoms with E-state index in [9.17, 15) is 15.2 Å². The topological polar surface area (TPSA) is 80.5 Å². The zero-order valence-corrected chi connectivity index (χ0v) is 14.8. The van der Waals surface area contributed by atoms with Crippen molar-refractivity contribution in [2.24, 2.45) is 0 Å². The molecule has 1 saturated heterocycles. The average molecular weight is 342 g/mol. The van der Waals surface area contributed by atoms with Crippen LogP contribution in [0.2, 0.25) is 0 Å². The minimum Gasteiger partial charge on any atom is -0.465 e. The molecule has 1 saturated carbocycles.